The SMILES string of the molecule is CC(C)C[C@@H](NC(=O)[C@@H]1CCCN1C)c1nc(C(=O)Nc2ccccn2)cs1. The van der Waals surface area contributed by atoms with E-state index in [4.69, 9.17) is 0 Å². The molecule has 0 unspecified atom stereocenters. The summed E-state index contributed by atoms with van der Waals surface area (Å²) in [5.41, 5.74) is 0.339. The number of amides is 2. The fraction of sp³-hybridized carbons (Fsp3) is 0.500. The molecule has 0 bridgehead atoms. The Bertz CT molecular complexity index is 808. The van der Waals surface area contributed by atoms with Crippen LogP contribution in [-0.2, 0) is 4.79 Å². The van der Waals surface area contributed by atoms with E-state index in [1.165, 1.54) is 11.3 Å². The molecule has 1 aliphatic rings. The van der Waals surface area contributed by atoms with Gasteiger partial charge in [-0.25, -0.2) is 9.97 Å². The lowest BCUT2D eigenvalue weighted by Crippen LogP contribution is -2.43. The van der Waals surface area contributed by atoms with Crippen molar-refractivity contribution in [1.82, 2.24) is 20.2 Å². The summed E-state index contributed by atoms with van der Waals surface area (Å²) in [6, 6.07) is 5.05. The molecule has 7 nitrogen and oxygen atoms in total. The van der Waals surface area contributed by atoms with Crippen LogP contribution in [0.15, 0.2) is 29.8 Å². The summed E-state index contributed by atoms with van der Waals surface area (Å²) in [4.78, 5) is 35.9. The van der Waals surface area contributed by atoms with Crippen molar-refractivity contribution in [3.8, 4) is 0 Å². The second-order valence-electron chi connectivity index (χ2n) is 7.57. The molecular formula is C20H27N5O2S. The molecule has 0 radical (unpaired) electrons. The molecule has 0 saturated carbocycles. The van der Waals surface area contributed by atoms with Gasteiger partial charge in [0, 0.05) is 11.6 Å². The lowest BCUT2D eigenvalue weighted by molar-refractivity contribution is -0.125. The van der Waals surface area contributed by atoms with E-state index in [1.807, 2.05) is 13.1 Å². The lowest BCUT2D eigenvalue weighted by atomic mass is 10.0. The van der Waals surface area contributed by atoms with E-state index >= 15 is 0 Å². The van der Waals surface area contributed by atoms with E-state index in [0.717, 1.165) is 30.8 Å². The summed E-state index contributed by atoms with van der Waals surface area (Å²) in [7, 11) is 1.98. The summed E-state index contributed by atoms with van der Waals surface area (Å²) >= 11 is 1.40. The molecule has 2 N–H and O–H groups in total. The van der Waals surface area contributed by atoms with Crippen molar-refractivity contribution >= 4 is 29.0 Å². The molecule has 150 valence electrons. The zero-order valence-corrected chi connectivity index (χ0v) is 17.3. The molecule has 0 spiro atoms. The standard InChI is InChI=1S/C20H27N5O2S/c1-13(2)11-14(22-19(27)16-7-6-10-25(16)3)20-23-15(12-28-20)18(26)24-17-8-4-5-9-21-17/h4-5,8-9,12-14,16H,6-7,10-11H2,1-3H3,(H,22,27)(H,21,24,26)/t14-,16+/m1/s1. The molecule has 3 rings (SSSR count). The number of thiazole rings is 1. The quantitative estimate of drug-likeness (QED) is 0.744. The van der Waals surface area contributed by atoms with Crippen LogP contribution < -0.4 is 10.6 Å². The van der Waals surface area contributed by atoms with Gasteiger partial charge in [-0.15, -0.1) is 11.3 Å². The largest absolute Gasteiger partial charge is 0.345 e. The summed E-state index contributed by atoms with van der Waals surface area (Å²) in [5, 5.41) is 8.39. The summed E-state index contributed by atoms with van der Waals surface area (Å²) in [5.74, 6) is 0.617. The third-order valence-electron chi connectivity index (χ3n) is 4.81. The van der Waals surface area contributed by atoms with Gasteiger partial charge in [-0.1, -0.05) is 19.9 Å². The third kappa shape index (κ3) is 5.14. The number of nitrogens with zero attached hydrogens (tertiary/aromatic N) is 3. The Labute approximate surface area is 169 Å². The minimum absolute atomic E-state index is 0.0420. The highest BCUT2D eigenvalue weighted by Crippen LogP contribution is 2.26. The monoisotopic (exact) mass is 401 g/mol. The smallest absolute Gasteiger partial charge is 0.276 e. The second kappa shape index (κ2) is 9.25. The van der Waals surface area contributed by atoms with Crippen molar-refractivity contribution in [3.05, 3.63) is 40.5 Å². The molecule has 1 aliphatic heterocycles. The van der Waals surface area contributed by atoms with Gasteiger partial charge in [-0.2, -0.15) is 0 Å². The first-order valence-electron chi connectivity index (χ1n) is 9.62. The van der Waals surface area contributed by atoms with Crippen LogP contribution >= 0.6 is 11.3 Å². The van der Waals surface area contributed by atoms with Crippen molar-refractivity contribution in [2.24, 2.45) is 5.92 Å². The summed E-state index contributed by atoms with van der Waals surface area (Å²) < 4.78 is 0. The molecule has 0 aromatic carbocycles. The van der Waals surface area contributed by atoms with E-state index in [9.17, 15) is 9.59 Å². The van der Waals surface area contributed by atoms with Crippen molar-refractivity contribution < 1.29 is 9.59 Å². The number of carbonyl (C=O) groups excluding carboxylic acids is 2. The Balaban J connectivity index is 1.70. The fourth-order valence-electron chi connectivity index (χ4n) is 3.37. The summed E-state index contributed by atoms with van der Waals surface area (Å²) in [6.45, 7) is 5.17. The number of pyridine rings is 1. The molecular weight excluding hydrogens is 374 g/mol. The molecule has 2 atom stereocenters. The Morgan fingerprint density at radius 2 is 2.18 bits per heavy atom. The van der Waals surface area contributed by atoms with E-state index in [0.29, 0.717) is 17.4 Å². The predicted molar refractivity (Wildman–Crippen MR) is 110 cm³/mol. The topological polar surface area (TPSA) is 87.2 Å². The van der Waals surface area contributed by atoms with Gasteiger partial charge < -0.3 is 10.6 Å². The number of hydrogen-bond donors (Lipinski definition) is 2. The van der Waals surface area contributed by atoms with Crippen LogP contribution in [0.2, 0.25) is 0 Å². The molecule has 2 aromatic rings. The highest BCUT2D eigenvalue weighted by molar-refractivity contribution is 7.10. The van der Waals surface area contributed by atoms with Crippen LogP contribution in [0, 0.1) is 5.92 Å². The molecule has 1 fully saturated rings. The van der Waals surface area contributed by atoms with Gasteiger partial charge in [0.25, 0.3) is 5.91 Å². The highest BCUT2D eigenvalue weighted by Gasteiger charge is 2.30. The van der Waals surface area contributed by atoms with E-state index in [2.05, 4.69) is 39.3 Å². The van der Waals surface area contributed by atoms with E-state index < -0.39 is 0 Å². The third-order valence-corrected chi connectivity index (χ3v) is 5.76. The predicted octanol–water partition coefficient (Wildman–Crippen LogP) is 3.09. The number of carbonyl (C=O) groups is 2. The number of rotatable bonds is 7. The van der Waals surface area contributed by atoms with E-state index in [1.54, 1.807) is 23.7 Å². The fourth-order valence-corrected chi connectivity index (χ4v) is 4.23. The van der Waals surface area contributed by atoms with Crippen LogP contribution in [0.5, 0.6) is 0 Å². The Hall–Kier alpha value is -2.32. The molecule has 2 aromatic heterocycles. The van der Waals surface area contributed by atoms with Crippen LogP contribution in [0.4, 0.5) is 5.82 Å². The summed E-state index contributed by atoms with van der Waals surface area (Å²) in [6.07, 6.45) is 4.32. The van der Waals surface area contributed by atoms with Crippen molar-refractivity contribution in [2.75, 3.05) is 18.9 Å². The first-order valence-corrected chi connectivity index (χ1v) is 10.5. The van der Waals surface area contributed by atoms with Crippen LogP contribution in [0.1, 0.15) is 54.6 Å². The molecule has 28 heavy (non-hydrogen) atoms. The Morgan fingerprint density at radius 1 is 1.36 bits per heavy atom. The maximum absolute atomic E-state index is 12.7. The number of nitrogens with one attached hydrogen (secondary N) is 2. The zero-order valence-electron chi connectivity index (χ0n) is 16.5. The van der Waals surface area contributed by atoms with Crippen molar-refractivity contribution in [1.29, 1.82) is 0 Å². The van der Waals surface area contributed by atoms with Crippen molar-refractivity contribution in [3.63, 3.8) is 0 Å². The van der Waals surface area contributed by atoms with Gasteiger partial charge in [-0.05, 0) is 50.9 Å². The lowest BCUT2D eigenvalue weighted by Gasteiger charge is -2.24. The van der Waals surface area contributed by atoms with Gasteiger partial charge in [0.1, 0.15) is 16.5 Å². The maximum Gasteiger partial charge on any atom is 0.276 e. The number of anilines is 1. The molecule has 8 heteroatoms. The number of aromatic nitrogens is 2. The molecule has 2 amide bonds. The van der Waals surface area contributed by atoms with Gasteiger partial charge >= 0.3 is 0 Å². The van der Waals surface area contributed by atoms with Gasteiger partial charge in [-0.3, -0.25) is 14.5 Å². The Morgan fingerprint density at radius 3 is 2.82 bits per heavy atom. The number of likely N-dealkylation sites (tertiary alicyclic amines) is 1. The molecule has 3 heterocycles. The zero-order chi connectivity index (χ0) is 20.1. The normalized spacial score (nSPS) is 18.2. The van der Waals surface area contributed by atoms with Crippen LogP contribution in [0.3, 0.4) is 0 Å². The molecule has 0 aliphatic carbocycles. The first kappa shape index (κ1) is 20.4. The Kier molecular flexibility index (Phi) is 6.74. The van der Waals surface area contributed by atoms with E-state index in [-0.39, 0.29) is 23.9 Å². The molecule has 1 saturated heterocycles. The van der Waals surface area contributed by atoms with Crippen molar-refractivity contribution in [2.45, 2.75) is 45.2 Å². The first-order chi connectivity index (χ1) is 13.4. The minimum Gasteiger partial charge on any atom is -0.345 e. The average molecular weight is 402 g/mol. The van der Waals surface area contributed by atoms with Gasteiger partial charge in [0.05, 0.1) is 12.1 Å². The van der Waals surface area contributed by atoms with Crippen LogP contribution in [0.25, 0.3) is 0 Å². The maximum atomic E-state index is 12.7. The average Bonchev–Trinajstić information content (AvgIpc) is 3.31. The number of likely N-dealkylation sites (N-methyl/N-ethyl adjacent to an activating group) is 1. The highest BCUT2D eigenvalue weighted by atomic mass is 32.1. The minimum atomic E-state index is -0.300. The van der Waals surface area contributed by atoms with Gasteiger partial charge in [0.15, 0.2) is 0 Å². The number of hydrogen-bond acceptors (Lipinski definition) is 6. The van der Waals surface area contributed by atoms with Crippen LogP contribution in [-0.4, -0.2) is 46.3 Å². The second-order valence-corrected chi connectivity index (χ2v) is 8.46. The van der Waals surface area contributed by atoms with Gasteiger partial charge in [0.2, 0.25) is 5.91 Å².